The van der Waals surface area contributed by atoms with Crippen molar-refractivity contribution in [3.8, 4) is 0 Å². The summed E-state index contributed by atoms with van der Waals surface area (Å²) in [5, 5.41) is 22.8. The highest BCUT2D eigenvalue weighted by molar-refractivity contribution is 5.79. The monoisotopic (exact) mass is 300 g/mol. The molecule has 0 saturated carbocycles. The summed E-state index contributed by atoms with van der Waals surface area (Å²) in [6.07, 6.45) is 0.0189. The van der Waals surface area contributed by atoms with E-state index in [0.29, 0.717) is 5.56 Å². The molecule has 0 saturated heterocycles. The van der Waals surface area contributed by atoms with Crippen molar-refractivity contribution in [3.05, 3.63) is 75.8 Å². The van der Waals surface area contributed by atoms with Gasteiger partial charge in [-0.2, -0.15) is 0 Å². The molecule has 2 N–H and O–H groups in total. The van der Waals surface area contributed by atoms with Crippen LogP contribution in [0, 0.1) is 10.1 Å². The summed E-state index contributed by atoms with van der Waals surface area (Å²) >= 11 is 0. The molecule has 0 aliphatic rings. The van der Waals surface area contributed by atoms with Gasteiger partial charge >= 0.3 is 0 Å². The summed E-state index contributed by atoms with van der Waals surface area (Å²) in [5.41, 5.74) is 1.31. The van der Waals surface area contributed by atoms with Crippen LogP contribution in [0.2, 0.25) is 0 Å². The van der Waals surface area contributed by atoms with Gasteiger partial charge in [0.1, 0.15) is 0 Å². The lowest BCUT2D eigenvalue weighted by molar-refractivity contribution is -0.384. The second kappa shape index (κ2) is 7.33. The van der Waals surface area contributed by atoms with Crippen molar-refractivity contribution in [2.24, 2.45) is 0 Å². The maximum absolute atomic E-state index is 12.0. The molecule has 0 aromatic heterocycles. The van der Waals surface area contributed by atoms with E-state index in [9.17, 15) is 20.0 Å². The van der Waals surface area contributed by atoms with E-state index < -0.39 is 11.0 Å². The molecule has 2 aromatic rings. The first-order valence-corrected chi connectivity index (χ1v) is 6.78. The number of nitrogens with zero attached hydrogens (tertiary/aromatic N) is 1. The number of rotatable bonds is 6. The Hall–Kier alpha value is -2.73. The highest BCUT2D eigenvalue weighted by atomic mass is 16.6. The minimum absolute atomic E-state index is 0.0189. The van der Waals surface area contributed by atoms with Gasteiger partial charge in [-0.1, -0.05) is 42.5 Å². The molecular weight excluding hydrogens is 284 g/mol. The standard InChI is InChI=1S/C16H16N2O4/c19-11-15(13-6-2-1-3-7-13)17-16(20)10-12-5-4-8-14(9-12)18(21)22/h1-9,15,19H,10-11H2,(H,17,20)/t15-/m1/s1. The van der Waals surface area contributed by atoms with Crippen LogP contribution >= 0.6 is 0 Å². The summed E-state index contributed by atoms with van der Waals surface area (Å²) in [7, 11) is 0. The molecule has 6 heteroatoms. The summed E-state index contributed by atoms with van der Waals surface area (Å²) in [5.74, 6) is -0.302. The second-order valence-corrected chi connectivity index (χ2v) is 4.82. The predicted molar refractivity (Wildman–Crippen MR) is 81.2 cm³/mol. The third-order valence-electron chi connectivity index (χ3n) is 3.21. The normalized spacial score (nSPS) is 11.7. The number of benzene rings is 2. The van der Waals surface area contributed by atoms with Gasteiger partial charge < -0.3 is 10.4 Å². The molecule has 0 radical (unpaired) electrons. The SMILES string of the molecule is O=C(Cc1cccc([N+](=O)[O-])c1)N[C@H](CO)c1ccccc1. The molecule has 0 fully saturated rings. The molecule has 2 aromatic carbocycles. The summed E-state index contributed by atoms with van der Waals surface area (Å²) in [6, 6.07) is 14.6. The van der Waals surface area contributed by atoms with E-state index in [-0.39, 0.29) is 24.6 Å². The number of aliphatic hydroxyl groups excluding tert-OH is 1. The number of hydrogen-bond acceptors (Lipinski definition) is 4. The van der Waals surface area contributed by atoms with E-state index in [1.54, 1.807) is 12.1 Å². The Kier molecular flexibility index (Phi) is 5.21. The fourth-order valence-electron chi connectivity index (χ4n) is 2.13. The lowest BCUT2D eigenvalue weighted by atomic mass is 10.1. The Morgan fingerprint density at radius 3 is 2.55 bits per heavy atom. The van der Waals surface area contributed by atoms with E-state index in [0.717, 1.165) is 5.56 Å². The average Bonchev–Trinajstić information content (AvgIpc) is 2.53. The Morgan fingerprint density at radius 2 is 1.91 bits per heavy atom. The van der Waals surface area contributed by atoms with E-state index in [1.165, 1.54) is 12.1 Å². The highest BCUT2D eigenvalue weighted by Gasteiger charge is 2.14. The lowest BCUT2D eigenvalue weighted by Crippen LogP contribution is -2.31. The number of nitro groups is 1. The molecule has 1 atom stereocenters. The minimum atomic E-state index is -0.498. The number of hydrogen-bond donors (Lipinski definition) is 2. The predicted octanol–water partition coefficient (Wildman–Crippen LogP) is 1.99. The maximum Gasteiger partial charge on any atom is 0.269 e. The van der Waals surface area contributed by atoms with Crippen LogP contribution < -0.4 is 5.32 Å². The summed E-state index contributed by atoms with van der Waals surface area (Å²) < 4.78 is 0. The number of nitro benzene ring substituents is 1. The second-order valence-electron chi connectivity index (χ2n) is 4.82. The van der Waals surface area contributed by atoms with Gasteiger partial charge in [-0.15, -0.1) is 0 Å². The molecule has 0 aliphatic carbocycles. The largest absolute Gasteiger partial charge is 0.394 e. The lowest BCUT2D eigenvalue weighted by Gasteiger charge is -2.16. The Labute approximate surface area is 127 Å². The molecular formula is C16H16N2O4. The molecule has 0 unspecified atom stereocenters. The zero-order valence-corrected chi connectivity index (χ0v) is 11.8. The highest BCUT2D eigenvalue weighted by Crippen LogP contribution is 2.15. The Morgan fingerprint density at radius 1 is 1.18 bits per heavy atom. The number of carbonyl (C=O) groups is 1. The van der Waals surface area contributed by atoms with Crippen molar-refractivity contribution in [1.82, 2.24) is 5.32 Å². The van der Waals surface area contributed by atoms with Crippen molar-refractivity contribution in [2.45, 2.75) is 12.5 Å². The molecule has 6 nitrogen and oxygen atoms in total. The minimum Gasteiger partial charge on any atom is -0.394 e. The zero-order valence-electron chi connectivity index (χ0n) is 11.8. The molecule has 114 valence electrons. The van der Waals surface area contributed by atoms with Gasteiger partial charge in [0.15, 0.2) is 0 Å². The first-order chi connectivity index (χ1) is 10.6. The smallest absolute Gasteiger partial charge is 0.269 e. The van der Waals surface area contributed by atoms with Gasteiger partial charge in [-0.05, 0) is 11.1 Å². The molecule has 0 heterocycles. The van der Waals surface area contributed by atoms with Crippen LogP contribution in [0.3, 0.4) is 0 Å². The molecule has 22 heavy (non-hydrogen) atoms. The number of aliphatic hydroxyl groups is 1. The third-order valence-corrected chi connectivity index (χ3v) is 3.21. The zero-order chi connectivity index (χ0) is 15.9. The van der Waals surface area contributed by atoms with E-state index in [1.807, 2.05) is 30.3 Å². The van der Waals surface area contributed by atoms with E-state index in [4.69, 9.17) is 0 Å². The van der Waals surface area contributed by atoms with Crippen LogP contribution in [0.5, 0.6) is 0 Å². The van der Waals surface area contributed by atoms with Gasteiger partial charge in [0.2, 0.25) is 5.91 Å². The van der Waals surface area contributed by atoms with E-state index in [2.05, 4.69) is 5.32 Å². The Balaban J connectivity index is 2.03. The van der Waals surface area contributed by atoms with E-state index >= 15 is 0 Å². The number of non-ortho nitro benzene ring substituents is 1. The molecule has 2 rings (SSSR count). The van der Waals surface area contributed by atoms with Crippen LogP contribution in [-0.2, 0) is 11.2 Å². The van der Waals surface area contributed by atoms with Gasteiger partial charge in [-0.25, -0.2) is 0 Å². The number of nitrogens with one attached hydrogen (secondary N) is 1. The fourth-order valence-corrected chi connectivity index (χ4v) is 2.13. The molecule has 0 aliphatic heterocycles. The first-order valence-electron chi connectivity index (χ1n) is 6.78. The Bertz CT molecular complexity index is 658. The molecule has 0 spiro atoms. The average molecular weight is 300 g/mol. The molecule has 1 amide bonds. The van der Waals surface area contributed by atoms with Crippen molar-refractivity contribution in [1.29, 1.82) is 0 Å². The van der Waals surface area contributed by atoms with Crippen LogP contribution in [0.1, 0.15) is 17.2 Å². The number of carbonyl (C=O) groups excluding carboxylic acids is 1. The van der Waals surface area contributed by atoms with Crippen LogP contribution in [0.25, 0.3) is 0 Å². The van der Waals surface area contributed by atoms with Gasteiger partial charge in [0.05, 0.1) is 24.0 Å². The summed E-state index contributed by atoms with van der Waals surface area (Å²) in [6.45, 7) is -0.218. The van der Waals surface area contributed by atoms with Crippen LogP contribution in [-0.4, -0.2) is 22.5 Å². The number of amides is 1. The van der Waals surface area contributed by atoms with Crippen molar-refractivity contribution < 1.29 is 14.8 Å². The van der Waals surface area contributed by atoms with Gasteiger partial charge in [0.25, 0.3) is 5.69 Å². The molecule has 0 bridgehead atoms. The topological polar surface area (TPSA) is 92.5 Å². The van der Waals surface area contributed by atoms with Crippen molar-refractivity contribution in [2.75, 3.05) is 6.61 Å². The van der Waals surface area contributed by atoms with Crippen LogP contribution in [0.4, 0.5) is 5.69 Å². The fraction of sp³-hybridized carbons (Fsp3) is 0.188. The summed E-state index contributed by atoms with van der Waals surface area (Å²) in [4.78, 5) is 22.3. The van der Waals surface area contributed by atoms with Crippen molar-refractivity contribution in [3.63, 3.8) is 0 Å². The van der Waals surface area contributed by atoms with Gasteiger partial charge in [0, 0.05) is 12.1 Å². The van der Waals surface area contributed by atoms with Crippen LogP contribution in [0.15, 0.2) is 54.6 Å². The first kappa shape index (κ1) is 15.7. The van der Waals surface area contributed by atoms with Crippen molar-refractivity contribution >= 4 is 11.6 Å². The maximum atomic E-state index is 12.0. The quantitative estimate of drug-likeness (QED) is 0.630. The van der Waals surface area contributed by atoms with Gasteiger partial charge in [-0.3, -0.25) is 14.9 Å². The third kappa shape index (κ3) is 4.13.